The molecule has 74 valence electrons. The Morgan fingerprint density at radius 2 is 1.43 bits per heavy atom. The third-order valence-electron chi connectivity index (χ3n) is 0.731. The monoisotopic (exact) mass is 216 g/mol. The zero-order valence-electron chi connectivity index (χ0n) is 6.65. The molecule has 0 saturated carbocycles. The summed E-state index contributed by atoms with van der Waals surface area (Å²) in [7, 11) is -4.28. The van der Waals surface area contributed by atoms with Crippen molar-refractivity contribution in [3.05, 3.63) is 24.7 Å². The van der Waals surface area contributed by atoms with Gasteiger partial charge in [0, 0.05) is 0 Å². The minimum atomic E-state index is -4.28. The van der Waals surface area contributed by atoms with E-state index in [0.717, 1.165) is 0 Å². The first-order valence-corrected chi connectivity index (χ1v) is 4.42. The summed E-state index contributed by atoms with van der Waals surface area (Å²) in [4.78, 5) is 18.5. The lowest BCUT2D eigenvalue weighted by Gasteiger charge is -1.72. The van der Waals surface area contributed by atoms with Crippen molar-refractivity contribution in [2.24, 2.45) is 8.80 Å². The molecule has 1 aromatic rings. The van der Waals surface area contributed by atoms with Crippen molar-refractivity contribution in [1.29, 1.82) is 0 Å². The van der Waals surface area contributed by atoms with E-state index in [1.807, 2.05) is 12.1 Å². The molecule has 0 atom stereocenters. The minimum absolute atomic E-state index is 0.707. The second kappa shape index (κ2) is 6.50. The first-order valence-electron chi connectivity index (χ1n) is 3.03. The zero-order valence-corrected chi connectivity index (χ0v) is 7.47. The highest BCUT2D eigenvalue weighted by molar-refractivity contribution is 7.89. The predicted molar refractivity (Wildman–Crippen MR) is 43.9 cm³/mol. The lowest BCUT2D eigenvalue weighted by molar-refractivity contribution is 0.561. The second-order valence-electron chi connectivity index (χ2n) is 1.61. The number of carbonyl (C=O) groups excluding carboxylic acids is 2. The Bertz CT molecular complexity index is 395. The molecule has 0 aliphatic rings. The van der Waals surface area contributed by atoms with Gasteiger partial charge in [-0.2, -0.15) is 8.42 Å². The molecule has 0 unspecified atom stereocenters. The summed E-state index contributed by atoms with van der Waals surface area (Å²) in [5.74, 6) is 0. The number of hydrogen-bond acceptors (Lipinski definition) is 5. The minimum Gasteiger partial charge on any atom is -0.473 e. The van der Waals surface area contributed by atoms with Gasteiger partial charge in [-0.25, -0.2) is 9.59 Å². The van der Waals surface area contributed by atoms with Gasteiger partial charge in [-0.3, -0.25) is 0 Å². The summed E-state index contributed by atoms with van der Waals surface area (Å²) in [6, 6.07) is 3.67. The summed E-state index contributed by atoms with van der Waals surface area (Å²) >= 11 is 0. The fraction of sp³-hybridized carbons (Fsp3) is 0. The SMILES string of the molecule is O=C=NS(=O)(=O)N=C=O.c1ccoc1. The quantitative estimate of drug-likeness (QED) is 0.517. The van der Waals surface area contributed by atoms with E-state index in [9.17, 15) is 18.0 Å². The largest absolute Gasteiger partial charge is 0.473 e. The summed E-state index contributed by atoms with van der Waals surface area (Å²) in [5.41, 5.74) is 0. The van der Waals surface area contributed by atoms with Crippen LogP contribution in [0, 0.1) is 0 Å². The fourth-order valence-corrected chi connectivity index (χ4v) is 0.571. The highest BCUT2D eigenvalue weighted by Crippen LogP contribution is 1.87. The normalized spacial score (nSPS) is 8.57. The van der Waals surface area contributed by atoms with E-state index in [4.69, 9.17) is 0 Å². The third-order valence-corrected chi connectivity index (χ3v) is 1.34. The fourth-order valence-electron chi connectivity index (χ4n) is 0.341. The Morgan fingerprint density at radius 3 is 1.64 bits per heavy atom. The van der Waals surface area contributed by atoms with Crippen LogP contribution in [0.1, 0.15) is 0 Å². The molecular weight excluding hydrogens is 212 g/mol. The van der Waals surface area contributed by atoms with Crippen LogP contribution in [0.4, 0.5) is 0 Å². The molecule has 0 N–H and O–H groups in total. The average Bonchev–Trinajstić information content (AvgIpc) is 2.59. The summed E-state index contributed by atoms with van der Waals surface area (Å²) in [5, 5.41) is 0. The Labute approximate surface area is 79.0 Å². The number of hydrogen-bond donors (Lipinski definition) is 0. The molecule has 8 heteroatoms. The lowest BCUT2D eigenvalue weighted by atomic mass is 10.7. The summed E-state index contributed by atoms with van der Waals surface area (Å²) < 4.78 is 28.9. The Morgan fingerprint density at radius 1 is 1.00 bits per heavy atom. The van der Waals surface area contributed by atoms with Crippen LogP contribution in [-0.2, 0) is 19.8 Å². The van der Waals surface area contributed by atoms with Gasteiger partial charge < -0.3 is 4.42 Å². The molecule has 0 aliphatic carbocycles. The maximum absolute atomic E-state index is 9.97. The molecule has 0 radical (unpaired) electrons. The molecule has 0 saturated heterocycles. The molecule has 0 aromatic carbocycles. The Balaban J connectivity index is 0.000000280. The van der Waals surface area contributed by atoms with Crippen LogP contribution in [-0.4, -0.2) is 20.6 Å². The molecule has 1 aromatic heterocycles. The smallest absolute Gasteiger partial charge is 0.383 e. The van der Waals surface area contributed by atoms with Crippen molar-refractivity contribution >= 4 is 22.4 Å². The predicted octanol–water partition coefficient (Wildman–Crippen LogP) is 0.182. The first kappa shape index (κ1) is 12.0. The van der Waals surface area contributed by atoms with Gasteiger partial charge in [0.05, 0.1) is 12.5 Å². The summed E-state index contributed by atoms with van der Waals surface area (Å²) in [6.07, 6.45) is 4.66. The highest BCUT2D eigenvalue weighted by atomic mass is 32.2. The Hall–Kier alpha value is -2.01. The third kappa shape index (κ3) is 6.68. The van der Waals surface area contributed by atoms with Gasteiger partial charge in [0.1, 0.15) is 0 Å². The van der Waals surface area contributed by atoms with Crippen molar-refractivity contribution in [3.63, 3.8) is 0 Å². The highest BCUT2D eigenvalue weighted by Gasteiger charge is 2.00. The maximum Gasteiger partial charge on any atom is 0.383 e. The van der Waals surface area contributed by atoms with Crippen molar-refractivity contribution in [1.82, 2.24) is 0 Å². The van der Waals surface area contributed by atoms with Gasteiger partial charge in [-0.05, 0) is 12.1 Å². The first-order chi connectivity index (χ1) is 6.62. The molecule has 0 amide bonds. The molecule has 14 heavy (non-hydrogen) atoms. The second-order valence-corrected chi connectivity index (χ2v) is 2.87. The topological polar surface area (TPSA) is 106 Å². The van der Waals surface area contributed by atoms with Gasteiger partial charge >= 0.3 is 10.2 Å². The van der Waals surface area contributed by atoms with Crippen molar-refractivity contribution < 1.29 is 22.4 Å². The summed E-state index contributed by atoms with van der Waals surface area (Å²) in [6.45, 7) is 0. The molecule has 7 nitrogen and oxygen atoms in total. The van der Waals surface area contributed by atoms with Gasteiger partial charge in [-0.15, -0.1) is 0 Å². The van der Waals surface area contributed by atoms with E-state index in [1.165, 1.54) is 0 Å². The van der Waals surface area contributed by atoms with E-state index < -0.39 is 10.2 Å². The van der Waals surface area contributed by atoms with E-state index >= 15 is 0 Å². The number of isocyanates is 2. The van der Waals surface area contributed by atoms with E-state index in [0.29, 0.717) is 12.2 Å². The molecule has 0 fully saturated rings. The molecule has 0 bridgehead atoms. The van der Waals surface area contributed by atoms with Crippen LogP contribution in [0.25, 0.3) is 0 Å². The molecule has 1 heterocycles. The van der Waals surface area contributed by atoms with Crippen molar-refractivity contribution in [2.75, 3.05) is 0 Å². The molecule has 1 rings (SSSR count). The standard InChI is InChI=1S/C4H4O.C2N2O4S/c1-2-4-5-3-1;5-1-3-9(7,8)4-2-6/h1-4H;. The van der Waals surface area contributed by atoms with Crippen molar-refractivity contribution in [3.8, 4) is 0 Å². The molecule has 0 aliphatic heterocycles. The van der Waals surface area contributed by atoms with E-state index in [2.05, 4.69) is 13.2 Å². The maximum atomic E-state index is 9.97. The van der Waals surface area contributed by atoms with Gasteiger partial charge in [0.25, 0.3) is 12.2 Å². The van der Waals surface area contributed by atoms with Crippen molar-refractivity contribution in [2.45, 2.75) is 0 Å². The van der Waals surface area contributed by atoms with Gasteiger partial charge in [-0.1, -0.05) is 8.80 Å². The van der Waals surface area contributed by atoms with Crippen LogP contribution in [0.3, 0.4) is 0 Å². The average molecular weight is 216 g/mol. The van der Waals surface area contributed by atoms with E-state index in [-0.39, 0.29) is 0 Å². The zero-order chi connectivity index (χ0) is 10.9. The van der Waals surface area contributed by atoms with Gasteiger partial charge in [0.2, 0.25) is 0 Å². The van der Waals surface area contributed by atoms with E-state index in [1.54, 1.807) is 12.5 Å². The number of rotatable bonds is 2. The van der Waals surface area contributed by atoms with Crippen LogP contribution < -0.4 is 0 Å². The van der Waals surface area contributed by atoms with Crippen LogP contribution in [0.2, 0.25) is 0 Å². The lowest BCUT2D eigenvalue weighted by Crippen LogP contribution is -1.86. The van der Waals surface area contributed by atoms with Gasteiger partial charge in [0.15, 0.2) is 0 Å². The van der Waals surface area contributed by atoms with Crippen LogP contribution >= 0.6 is 0 Å². The Kier molecular flexibility index (Phi) is 5.57. The number of furan rings is 1. The van der Waals surface area contributed by atoms with Crippen LogP contribution in [0.5, 0.6) is 0 Å². The molecule has 0 spiro atoms. The molecular formula is C6H4N2O5S. The number of nitrogens with zero attached hydrogens (tertiary/aromatic N) is 2. The van der Waals surface area contributed by atoms with Crippen LogP contribution in [0.15, 0.2) is 37.9 Å².